The zero-order chi connectivity index (χ0) is 19.5. The summed E-state index contributed by atoms with van der Waals surface area (Å²) in [4.78, 5) is 23.5. The van der Waals surface area contributed by atoms with Crippen LogP contribution in [0.2, 0.25) is 0 Å². The van der Waals surface area contributed by atoms with Gasteiger partial charge in [-0.1, -0.05) is 18.2 Å². The van der Waals surface area contributed by atoms with E-state index in [9.17, 15) is 4.79 Å². The van der Waals surface area contributed by atoms with Crippen LogP contribution < -0.4 is 5.32 Å². The van der Waals surface area contributed by atoms with E-state index in [0.717, 1.165) is 47.8 Å². The third-order valence-electron chi connectivity index (χ3n) is 5.38. The lowest BCUT2D eigenvalue weighted by Gasteiger charge is -2.27. The van der Waals surface area contributed by atoms with E-state index in [1.807, 2.05) is 30.3 Å². The Kier molecular flexibility index (Phi) is 5.32. The predicted octanol–water partition coefficient (Wildman–Crippen LogP) is 3.07. The van der Waals surface area contributed by atoms with Crippen molar-refractivity contribution in [3.63, 3.8) is 0 Å². The van der Waals surface area contributed by atoms with Gasteiger partial charge in [0.1, 0.15) is 5.82 Å². The van der Waals surface area contributed by atoms with E-state index >= 15 is 0 Å². The number of benzene rings is 1. The van der Waals surface area contributed by atoms with Crippen LogP contribution in [0.4, 0.5) is 5.82 Å². The Hall–Kier alpha value is -2.83. The smallest absolute Gasteiger partial charge is 0.228 e. The molecule has 1 aliphatic rings. The Balaban J connectivity index is 1.54. The van der Waals surface area contributed by atoms with Gasteiger partial charge in [-0.2, -0.15) is 0 Å². The van der Waals surface area contributed by atoms with Gasteiger partial charge in [-0.15, -0.1) is 0 Å². The minimum absolute atomic E-state index is 0.0520. The quantitative estimate of drug-likeness (QED) is 0.732. The van der Waals surface area contributed by atoms with Crippen molar-refractivity contribution in [3.8, 4) is 11.1 Å². The number of aromatic nitrogens is 2. The van der Waals surface area contributed by atoms with Crippen LogP contribution >= 0.6 is 0 Å². The Morgan fingerprint density at radius 2 is 1.86 bits per heavy atom. The van der Waals surface area contributed by atoms with Crippen molar-refractivity contribution >= 4 is 22.5 Å². The fraction of sp³-hybridized carbons (Fsp3) is 0.318. The molecule has 0 spiro atoms. The molecule has 0 aliphatic carbocycles. The average Bonchev–Trinajstić information content (AvgIpc) is 2.73. The Bertz CT molecular complexity index is 979. The third-order valence-corrected chi connectivity index (χ3v) is 5.38. The lowest BCUT2D eigenvalue weighted by molar-refractivity contribution is -0.121. The van der Waals surface area contributed by atoms with E-state index in [2.05, 4.69) is 33.3 Å². The van der Waals surface area contributed by atoms with Gasteiger partial charge in [-0.25, -0.2) is 4.98 Å². The molecule has 6 heteroatoms. The summed E-state index contributed by atoms with van der Waals surface area (Å²) in [5.41, 5.74) is 2.66. The van der Waals surface area contributed by atoms with Crippen molar-refractivity contribution in [2.75, 3.05) is 25.5 Å². The summed E-state index contributed by atoms with van der Waals surface area (Å²) in [5, 5.41) is 14.2. The molecule has 0 atom stereocenters. The monoisotopic (exact) mass is 376 g/mol. The van der Waals surface area contributed by atoms with Crippen LogP contribution in [0.1, 0.15) is 18.5 Å². The van der Waals surface area contributed by atoms with Gasteiger partial charge in [-0.05, 0) is 62.1 Å². The summed E-state index contributed by atoms with van der Waals surface area (Å²) in [6.07, 6.45) is 5.32. The lowest BCUT2D eigenvalue weighted by atomic mass is 9.96. The SMILES string of the molecule is CN1CCC(C(=O)Nc2cc3cc(-c4ccc(CO)nc4)ccc3cn2)CC1. The van der Waals surface area contributed by atoms with Gasteiger partial charge < -0.3 is 15.3 Å². The number of pyridine rings is 2. The Morgan fingerprint density at radius 3 is 2.57 bits per heavy atom. The maximum atomic E-state index is 12.6. The summed E-state index contributed by atoms with van der Waals surface area (Å²) in [6, 6.07) is 11.8. The topological polar surface area (TPSA) is 78.4 Å². The molecular formula is C22H24N4O2. The van der Waals surface area contributed by atoms with Crippen molar-refractivity contribution in [2.45, 2.75) is 19.4 Å². The van der Waals surface area contributed by atoms with E-state index in [1.165, 1.54) is 0 Å². The van der Waals surface area contributed by atoms with E-state index in [-0.39, 0.29) is 18.4 Å². The molecule has 6 nitrogen and oxygen atoms in total. The van der Waals surface area contributed by atoms with E-state index in [4.69, 9.17) is 5.11 Å². The highest BCUT2D eigenvalue weighted by atomic mass is 16.3. The highest BCUT2D eigenvalue weighted by Gasteiger charge is 2.23. The number of amides is 1. The molecule has 4 rings (SSSR count). The van der Waals surface area contributed by atoms with Crippen LogP contribution in [-0.2, 0) is 11.4 Å². The van der Waals surface area contributed by atoms with Gasteiger partial charge in [-0.3, -0.25) is 9.78 Å². The van der Waals surface area contributed by atoms with Gasteiger partial charge in [0.25, 0.3) is 0 Å². The number of piperidine rings is 1. The zero-order valence-corrected chi connectivity index (χ0v) is 15.9. The summed E-state index contributed by atoms with van der Waals surface area (Å²) >= 11 is 0. The molecule has 144 valence electrons. The number of aliphatic hydroxyl groups is 1. The summed E-state index contributed by atoms with van der Waals surface area (Å²) in [7, 11) is 2.09. The number of nitrogens with one attached hydrogen (secondary N) is 1. The summed E-state index contributed by atoms with van der Waals surface area (Å²) in [5.74, 6) is 0.693. The molecule has 1 aromatic carbocycles. The van der Waals surface area contributed by atoms with Crippen molar-refractivity contribution in [1.29, 1.82) is 0 Å². The molecule has 1 fully saturated rings. The summed E-state index contributed by atoms with van der Waals surface area (Å²) in [6.45, 7) is 1.84. The predicted molar refractivity (Wildman–Crippen MR) is 110 cm³/mol. The molecule has 1 amide bonds. The van der Waals surface area contributed by atoms with E-state index in [0.29, 0.717) is 11.5 Å². The fourth-order valence-electron chi connectivity index (χ4n) is 3.58. The number of fused-ring (bicyclic) bond motifs is 1. The van der Waals surface area contributed by atoms with Gasteiger partial charge in [0.2, 0.25) is 5.91 Å². The maximum Gasteiger partial charge on any atom is 0.228 e. The molecule has 1 saturated heterocycles. The molecule has 0 unspecified atom stereocenters. The minimum Gasteiger partial charge on any atom is -0.390 e. The van der Waals surface area contributed by atoms with Crippen LogP contribution in [-0.4, -0.2) is 46.0 Å². The second-order valence-corrected chi connectivity index (χ2v) is 7.39. The third kappa shape index (κ3) is 4.03. The molecule has 0 saturated carbocycles. The first kappa shape index (κ1) is 18.5. The number of likely N-dealkylation sites (tertiary alicyclic amines) is 1. The maximum absolute atomic E-state index is 12.6. The largest absolute Gasteiger partial charge is 0.390 e. The first-order valence-corrected chi connectivity index (χ1v) is 9.58. The normalized spacial score (nSPS) is 15.6. The van der Waals surface area contributed by atoms with Crippen LogP contribution in [0.15, 0.2) is 48.8 Å². The number of carbonyl (C=O) groups is 1. The Labute approximate surface area is 164 Å². The number of aliphatic hydroxyl groups excluding tert-OH is 1. The minimum atomic E-state index is -0.0655. The van der Waals surface area contributed by atoms with Gasteiger partial charge in [0.15, 0.2) is 0 Å². The molecule has 3 aromatic rings. The van der Waals surface area contributed by atoms with Crippen LogP contribution in [0.25, 0.3) is 21.9 Å². The first-order valence-electron chi connectivity index (χ1n) is 9.58. The number of nitrogens with zero attached hydrogens (tertiary/aromatic N) is 3. The van der Waals surface area contributed by atoms with Gasteiger partial charge >= 0.3 is 0 Å². The van der Waals surface area contributed by atoms with Crippen LogP contribution in [0, 0.1) is 5.92 Å². The van der Waals surface area contributed by atoms with Crippen LogP contribution in [0.5, 0.6) is 0 Å². The van der Waals surface area contributed by atoms with E-state index < -0.39 is 0 Å². The highest BCUT2D eigenvalue weighted by Crippen LogP contribution is 2.26. The van der Waals surface area contributed by atoms with Crippen molar-refractivity contribution in [2.24, 2.45) is 5.92 Å². The molecular weight excluding hydrogens is 352 g/mol. The molecule has 3 heterocycles. The number of rotatable bonds is 4. The highest BCUT2D eigenvalue weighted by molar-refractivity contribution is 5.95. The van der Waals surface area contributed by atoms with Crippen LogP contribution in [0.3, 0.4) is 0 Å². The average molecular weight is 376 g/mol. The first-order chi connectivity index (χ1) is 13.6. The molecule has 28 heavy (non-hydrogen) atoms. The van der Waals surface area contributed by atoms with E-state index in [1.54, 1.807) is 12.4 Å². The molecule has 1 aliphatic heterocycles. The van der Waals surface area contributed by atoms with Crippen molar-refractivity contribution in [1.82, 2.24) is 14.9 Å². The van der Waals surface area contributed by atoms with Gasteiger partial charge in [0.05, 0.1) is 12.3 Å². The lowest BCUT2D eigenvalue weighted by Crippen LogP contribution is -2.36. The standard InChI is InChI=1S/C22H24N4O2/c1-26-8-6-15(7-9-26)22(28)25-21-11-19-10-16(2-3-18(19)13-24-21)17-4-5-20(14-27)23-12-17/h2-5,10-13,15,27H,6-9,14H2,1H3,(H,24,25,28). The van der Waals surface area contributed by atoms with Gasteiger partial charge in [0, 0.05) is 29.3 Å². The number of hydrogen-bond donors (Lipinski definition) is 2. The molecule has 2 aromatic heterocycles. The second-order valence-electron chi connectivity index (χ2n) is 7.39. The molecule has 2 N–H and O–H groups in total. The van der Waals surface area contributed by atoms with Crippen molar-refractivity contribution < 1.29 is 9.90 Å². The molecule has 0 bridgehead atoms. The Morgan fingerprint density at radius 1 is 1.07 bits per heavy atom. The number of anilines is 1. The molecule has 0 radical (unpaired) electrons. The second kappa shape index (κ2) is 8.04. The number of carbonyl (C=O) groups excluding carboxylic acids is 1. The summed E-state index contributed by atoms with van der Waals surface area (Å²) < 4.78 is 0. The van der Waals surface area contributed by atoms with Crippen molar-refractivity contribution in [3.05, 3.63) is 54.5 Å². The zero-order valence-electron chi connectivity index (χ0n) is 15.9. The number of hydrogen-bond acceptors (Lipinski definition) is 5. The fourth-order valence-corrected chi connectivity index (χ4v) is 3.58.